The van der Waals surface area contributed by atoms with E-state index in [1.165, 1.54) is 25.3 Å². The number of nitrogens with one attached hydrogen (secondary N) is 2. The SMILES string of the molecule is COc1ccccc1NCC(=O)N/N=C(/C)c1ccc(OC(F)F)c(OC)c1. The van der Waals surface area contributed by atoms with Gasteiger partial charge in [-0.15, -0.1) is 0 Å². The van der Waals surface area contributed by atoms with Crippen molar-refractivity contribution in [3.05, 3.63) is 48.0 Å². The van der Waals surface area contributed by atoms with Crippen LogP contribution in [0.4, 0.5) is 14.5 Å². The number of nitrogens with zero attached hydrogens (tertiary/aromatic N) is 1. The van der Waals surface area contributed by atoms with Crippen molar-refractivity contribution < 1.29 is 27.8 Å². The van der Waals surface area contributed by atoms with Crippen LogP contribution in [0.3, 0.4) is 0 Å². The Morgan fingerprint density at radius 2 is 1.79 bits per heavy atom. The van der Waals surface area contributed by atoms with Crippen molar-refractivity contribution in [3.8, 4) is 17.2 Å². The molecule has 0 aliphatic carbocycles. The Morgan fingerprint density at radius 3 is 2.46 bits per heavy atom. The number of para-hydroxylation sites is 2. The lowest BCUT2D eigenvalue weighted by atomic mass is 10.1. The summed E-state index contributed by atoms with van der Waals surface area (Å²) in [4.78, 5) is 12.0. The van der Waals surface area contributed by atoms with Crippen LogP contribution >= 0.6 is 0 Å². The maximum absolute atomic E-state index is 12.4. The number of alkyl halides is 2. The van der Waals surface area contributed by atoms with E-state index in [2.05, 4.69) is 20.6 Å². The summed E-state index contributed by atoms with van der Waals surface area (Å²) in [6, 6.07) is 11.6. The Kier molecular flexibility index (Phi) is 7.55. The first-order chi connectivity index (χ1) is 13.4. The predicted octanol–water partition coefficient (Wildman–Crippen LogP) is 3.26. The first kappa shape index (κ1) is 20.9. The number of halogens is 2. The van der Waals surface area contributed by atoms with Crippen LogP contribution in [0.1, 0.15) is 12.5 Å². The number of benzene rings is 2. The molecule has 0 aromatic heterocycles. The molecular formula is C19H21F2N3O4. The van der Waals surface area contributed by atoms with Crippen molar-refractivity contribution >= 4 is 17.3 Å². The van der Waals surface area contributed by atoms with Crippen LogP contribution in [-0.2, 0) is 4.79 Å². The molecule has 0 atom stereocenters. The molecule has 0 aliphatic heterocycles. The number of carbonyl (C=O) groups is 1. The molecule has 0 aliphatic rings. The molecule has 1 amide bonds. The Balaban J connectivity index is 1.98. The van der Waals surface area contributed by atoms with Gasteiger partial charge in [-0.1, -0.05) is 12.1 Å². The Hall–Kier alpha value is -3.36. The number of amides is 1. The third-order valence-corrected chi connectivity index (χ3v) is 3.69. The van der Waals surface area contributed by atoms with Crippen molar-refractivity contribution in [2.24, 2.45) is 5.10 Å². The summed E-state index contributed by atoms with van der Waals surface area (Å²) in [6.45, 7) is -1.30. The monoisotopic (exact) mass is 393 g/mol. The number of rotatable bonds is 9. The van der Waals surface area contributed by atoms with E-state index in [-0.39, 0.29) is 24.0 Å². The number of carbonyl (C=O) groups excluding carboxylic acids is 1. The van der Waals surface area contributed by atoms with Crippen molar-refractivity contribution in [1.82, 2.24) is 5.43 Å². The van der Waals surface area contributed by atoms with Crippen LogP contribution in [0.5, 0.6) is 17.2 Å². The van der Waals surface area contributed by atoms with E-state index in [1.807, 2.05) is 12.1 Å². The zero-order chi connectivity index (χ0) is 20.5. The van der Waals surface area contributed by atoms with Crippen LogP contribution in [0, 0.1) is 0 Å². The summed E-state index contributed by atoms with van der Waals surface area (Å²) in [5.74, 6) is 0.304. The smallest absolute Gasteiger partial charge is 0.387 e. The van der Waals surface area contributed by atoms with Crippen LogP contribution in [0.15, 0.2) is 47.6 Å². The third kappa shape index (κ3) is 5.83. The fraction of sp³-hybridized carbons (Fsp3) is 0.263. The quantitative estimate of drug-likeness (QED) is 0.505. The number of hydrogen-bond acceptors (Lipinski definition) is 6. The molecule has 7 nitrogen and oxygen atoms in total. The second-order valence-corrected chi connectivity index (χ2v) is 5.53. The molecule has 2 aromatic carbocycles. The van der Waals surface area contributed by atoms with E-state index in [9.17, 15) is 13.6 Å². The van der Waals surface area contributed by atoms with Crippen LogP contribution < -0.4 is 25.0 Å². The normalized spacial score (nSPS) is 11.1. The average Bonchev–Trinajstić information content (AvgIpc) is 2.70. The van der Waals surface area contributed by atoms with Gasteiger partial charge < -0.3 is 19.5 Å². The minimum Gasteiger partial charge on any atom is -0.495 e. The van der Waals surface area contributed by atoms with E-state index in [0.717, 1.165) is 0 Å². The summed E-state index contributed by atoms with van der Waals surface area (Å²) in [5.41, 5.74) is 4.15. The molecule has 28 heavy (non-hydrogen) atoms. The van der Waals surface area contributed by atoms with Crippen LogP contribution in [0.2, 0.25) is 0 Å². The summed E-state index contributed by atoms with van der Waals surface area (Å²) >= 11 is 0. The lowest BCUT2D eigenvalue weighted by Gasteiger charge is -2.12. The van der Waals surface area contributed by atoms with Gasteiger partial charge in [0.2, 0.25) is 0 Å². The van der Waals surface area contributed by atoms with Crippen molar-refractivity contribution in [2.75, 3.05) is 26.1 Å². The molecule has 0 saturated carbocycles. The molecule has 2 aromatic rings. The molecule has 0 heterocycles. The number of methoxy groups -OCH3 is 2. The highest BCUT2D eigenvalue weighted by Gasteiger charge is 2.12. The highest BCUT2D eigenvalue weighted by atomic mass is 19.3. The fourth-order valence-electron chi connectivity index (χ4n) is 2.30. The maximum Gasteiger partial charge on any atom is 0.387 e. The van der Waals surface area contributed by atoms with Gasteiger partial charge in [0.05, 0.1) is 32.2 Å². The van der Waals surface area contributed by atoms with E-state index in [4.69, 9.17) is 9.47 Å². The minimum atomic E-state index is -2.95. The molecule has 0 fully saturated rings. The zero-order valence-corrected chi connectivity index (χ0v) is 15.7. The van der Waals surface area contributed by atoms with Gasteiger partial charge in [-0.25, -0.2) is 5.43 Å². The van der Waals surface area contributed by atoms with E-state index in [1.54, 1.807) is 26.2 Å². The summed E-state index contributed by atoms with van der Waals surface area (Å²) in [6.07, 6.45) is 0. The van der Waals surface area contributed by atoms with E-state index >= 15 is 0 Å². The van der Waals surface area contributed by atoms with Gasteiger partial charge >= 0.3 is 6.61 Å². The number of hydrogen-bond donors (Lipinski definition) is 2. The van der Waals surface area contributed by atoms with Gasteiger partial charge in [0.1, 0.15) is 5.75 Å². The average molecular weight is 393 g/mol. The second-order valence-electron chi connectivity index (χ2n) is 5.53. The lowest BCUT2D eigenvalue weighted by molar-refractivity contribution is -0.119. The van der Waals surface area contributed by atoms with Crippen molar-refractivity contribution in [3.63, 3.8) is 0 Å². The number of anilines is 1. The van der Waals surface area contributed by atoms with Crippen LogP contribution in [-0.4, -0.2) is 39.0 Å². The molecule has 150 valence electrons. The topological polar surface area (TPSA) is 81.2 Å². The Morgan fingerprint density at radius 1 is 1.07 bits per heavy atom. The van der Waals surface area contributed by atoms with E-state index < -0.39 is 6.61 Å². The van der Waals surface area contributed by atoms with Gasteiger partial charge in [-0.3, -0.25) is 4.79 Å². The standard InChI is InChI=1S/C19H21F2N3O4/c1-12(13-8-9-16(28-19(20)21)17(10-13)27-3)23-24-18(25)11-22-14-6-4-5-7-15(14)26-2/h4-10,19,22H,11H2,1-3H3,(H,24,25)/b23-12-. The molecule has 2 rings (SSSR count). The molecule has 0 radical (unpaired) electrons. The molecule has 0 saturated heterocycles. The molecule has 0 bridgehead atoms. The fourth-order valence-corrected chi connectivity index (χ4v) is 2.30. The van der Waals surface area contributed by atoms with Crippen molar-refractivity contribution in [2.45, 2.75) is 13.5 Å². The van der Waals surface area contributed by atoms with Crippen molar-refractivity contribution in [1.29, 1.82) is 0 Å². The Bertz CT molecular complexity index is 844. The highest BCUT2D eigenvalue weighted by Crippen LogP contribution is 2.29. The summed E-state index contributed by atoms with van der Waals surface area (Å²) in [7, 11) is 2.88. The maximum atomic E-state index is 12.4. The van der Waals surface area contributed by atoms with Gasteiger partial charge in [0.15, 0.2) is 11.5 Å². The van der Waals surface area contributed by atoms with Gasteiger partial charge in [0, 0.05) is 5.56 Å². The second kappa shape index (κ2) is 10.1. The van der Waals surface area contributed by atoms with Gasteiger partial charge in [-0.2, -0.15) is 13.9 Å². The number of ether oxygens (including phenoxy) is 3. The number of hydrazone groups is 1. The van der Waals surface area contributed by atoms with Crippen LogP contribution in [0.25, 0.3) is 0 Å². The molecule has 9 heteroatoms. The largest absolute Gasteiger partial charge is 0.495 e. The Labute approximate surface area is 161 Å². The lowest BCUT2D eigenvalue weighted by Crippen LogP contribution is -2.26. The molecule has 2 N–H and O–H groups in total. The molecule has 0 unspecified atom stereocenters. The summed E-state index contributed by atoms with van der Waals surface area (Å²) < 4.78 is 39.4. The highest BCUT2D eigenvalue weighted by molar-refractivity contribution is 6.00. The third-order valence-electron chi connectivity index (χ3n) is 3.69. The predicted molar refractivity (Wildman–Crippen MR) is 101 cm³/mol. The zero-order valence-electron chi connectivity index (χ0n) is 15.7. The molecule has 0 spiro atoms. The van der Waals surface area contributed by atoms with E-state index in [0.29, 0.717) is 22.7 Å². The minimum absolute atomic E-state index is 0.0123. The first-order valence-electron chi connectivity index (χ1n) is 8.27. The summed E-state index contributed by atoms with van der Waals surface area (Å²) in [5, 5.41) is 6.97. The van der Waals surface area contributed by atoms with Gasteiger partial charge in [0.25, 0.3) is 5.91 Å². The first-order valence-corrected chi connectivity index (χ1v) is 8.27. The molecular weight excluding hydrogens is 372 g/mol. The van der Waals surface area contributed by atoms with Gasteiger partial charge in [-0.05, 0) is 37.3 Å².